The lowest BCUT2D eigenvalue weighted by atomic mass is 9.61. The summed E-state index contributed by atoms with van der Waals surface area (Å²) in [5.74, 6) is 1.56. The van der Waals surface area contributed by atoms with Gasteiger partial charge in [0.2, 0.25) is 0 Å². The largest absolute Gasteiger partial charge is 0.444 e. The first-order chi connectivity index (χ1) is 24.7. The van der Waals surface area contributed by atoms with Crippen molar-refractivity contribution in [3.63, 3.8) is 0 Å². The zero-order valence-corrected chi connectivity index (χ0v) is 33.2. The van der Waals surface area contributed by atoms with Crippen molar-refractivity contribution >= 4 is 46.0 Å². The van der Waals surface area contributed by atoms with E-state index in [0.29, 0.717) is 16.0 Å². The number of likely N-dealkylation sites (tertiary alicyclic amines) is 1. The third-order valence-corrected chi connectivity index (χ3v) is 12.9. The van der Waals surface area contributed by atoms with Crippen LogP contribution in [-0.4, -0.2) is 106 Å². The molecule has 1 unspecified atom stereocenters. The van der Waals surface area contributed by atoms with Crippen molar-refractivity contribution in [1.29, 1.82) is 0 Å². The number of rotatable bonds is 6. The highest BCUT2D eigenvalue weighted by atomic mass is 35.5. The maximum Gasteiger partial charge on any atom is 0.410 e. The Hall–Kier alpha value is -2.57. The number of anilines is 1. The van der Waals surface area contributed by atoms with E-state index in [0.717, 1.165) is 138 Å². The minimum Gasteiger partial charge on any atom is -0.444 e. The fraction of sp³-hybridized carbons (Fsp3) is 0.718. The molecule has 13 heteroatoms. The lowest BCUT2D eigenvalue weighted by molar-refractivity contribution is -0.0930. The van der Waals surface area contributed by atoms with Gasteiger partial charge in [0.15, 0.2) is 12.0 Å². The van der Waals surface area contributed by atoms with Gasteiger partial charge < -0.3 is 24.0 Å². The Morgan fingerprint density at radius 1 is 1.00 bits per heavy atom. The van der Waals surface area contributed by atoms with Gasteiger partial charge in [0, 0.05) is 79.0 Å². The number of hydrogen-bond donors (Lipinski definition) is 0. The molecule has 0 radical (unpaired) electrons. The number of morpholine rings is 1. The third kappa shape index (κ3) is 6.71. The molecule has 1 aromatic carbocycles. The molecule has 8 rings (SSSR count). The van der Waals surface area contributed by atoms with E-state index in [1.807, 2.05) is 42.6 Å². The summed E-state index contributed by atoms with van der Waals surface area (Å²) in [6.45, 7) is 20.5. The van der Waals surface area contributed by atoms with E-state index < -0.39 is 5.60 Å². The summed E-state index contributed by atoms with van der Waals surface area (Å²) in [5, 5.41) is 12.4. The topological polar surface area (TPSA) is 90.1 Å². The molecule has 4 aliphatic heterocycles. The smallest absolute Gasteiger partial charge is 0.410 e. The molecule has 1 saturated carbocycles. The van der Waals surface area contributed by atoms with Crippen LogP contribution in [0.2, 0.25) is 10.0 Å². The van der Waals surface area contributed by atoms with Gasteiger partial charge in [-0.2, -0.15) is 10.2 Å². The van der Waals surface area contributed by atoms with Gasteiger partial charge in [-0.05, 0) is 98.5 Å². The summed E-state index contributed by atoms with van der Waals surface area (Å²) < 4.78 is 21.7. The molecule has 284 valence electrons. The van der Waals surface area contributed by atoms with Crippen molar-refractivity contribution in [2.24, 2.45) is 11.3 Å². The minimum absolute atomic E-state index is 0.111. The molecular formula is C39H55Cl2N7O4. The van der Waals surface area contributed by atoms with Crippen LogP contribution in [0, 0.1) is 18.3 Å². The molecule has 2 aromatic heterocycles. The molecule has 11 nitrogen and oxygen atoms in total. The third-order valence-electron chi connectivity index (χ3n) is 12.1. The maximum absolute atomic E-state index is 12.8. The van der Waals surface area contributed by atoms with E-state index in [-0.39, 0.29) is 29.3 Å². The molecule has 1 aliphatic carbocycles. The van der Waals surface area contributed by atoms with Crippen LogP contribution in [0.4, 0.5) is 10.6 Å². The van der Waals surface area contributed by atoms with E-state index in [1.165, 1.54) is 0 Å². The normalized spacial score (nSPS) is 25.4. The van der Waals surface area contributed by atoms with Crippen LogP contribution in [0.15, 0.2) is 12.3 Å². The van der Waals surface area contributed by atoms with Crippen molar-refractivity contribution in [2.75, 3.05) is 64.0 Å². The van der Waals surface area contributed by atoms with Gasteiger partial charge >= 0.3 is 6.09 Å². The number of halogens is 2. The van der Waals surface area contributed by atoms with Gasteiger partial charge in [-0.1, -0.05) is 23.2 Å². The highest BCUT2D eigenvalue weighted by Gasteiger charge is 2.56. The summed E-state index contributed by atoms with van der Waals surface area (Å²) in [7, 11) is 0. The standard InChI is InChI=1S/C39H55Cl2N7O4/c1-25-32(33-28-21-42-48(31-9-7-8-14-51-31)30(28)17-29(40)34(33)41)35(46-11-10-26(18-38(46,5)6)22-44-12-15-50-16-13-44)43-47(25)27-19-39(20-27)23-45(24-39)36(49)52-37(2,3)4/h17,21,26-27,31H,7-16,18-20,22-24H2,1-6H3/t26-,31?/m1/s1. The van der Waals surface area contributed by atoms with Crippen molar-refractivity contribution in [2.45, 2.75) is 110 Å². The van der Waals surface area contributed by atoms with Crippen LogP contribution in [-0.2, 0) is 14.2 Å². The number of amides is 1. The summed E-state index contributed by atoms with van der Waals surface area (Å²) in [6, 6.07) is 2.17. The van der Waals surface area contributed by atoms with Crippen molar-refractivity contribution in [3.8, 4) is 11.1 Å². The Bertz CT molecular complexity index is 1810. The number of nitrogens with zero attached hydrogens (tertiary/aromatic N) is 7. The van der Waals surface area contributed by atoms with Crippen LogP contribution in [0.1, 0.15) is 97.5 Å². The maximum atomic E-state index is 12.8. The zero-order chi connectivity index (χ0) is 36.6. The highest BCUT2D eigenvalue weighted by Crippen LogP contribution is 2.56. The van der Waals surface area contributed by atoms with E-state index >= 15 is 0 Å². The first-order valence-corrected chi connectivity index (χ1v) is 20.1. The minimum atomic E-state index is -0.501. The molecule has 5 fully saturated rings. The van der Waals surface area contributed by atoms with Crippen molar-refractivity contribution in [3.05, 3.63) is 28.0 Å². The van der Waals surface area contributed by atoms with Crippen LogP contribution < -0.4 is 4.90 Å². The van der Waals surface area contributed by atoms with Crippen LogP contribution in [0.3, 0.4) is 0 Å². The fourth-order valence-corrected chi connectivity index (χ4v) is 10.1. The predicted octanol–water partition coefficient (Wildman–Crippen LogP) is 8.11. The average molecular weight is 757 g/mol. The Morgan fingerprint density at radius 3 is 2.42 bits per heavy atom. The van der Waals surface area contributed by atoms with Crippen LogP contribution in [0.25, 0.3) is 22.0 Å². The van der Waals surface area contributed by atoms with Crippen molar-refractivity contribution in [1.82, 2.24) is 29.4 Å². The van der Waals surface area contributed by atoms with Gasteiger partial charge in [-0.3, -0.25) is 9.58 Å². The van der Waals surface area contributed by atoms with Gasteiger partial charge in [0.1, 0.15) is 5.60 Å². The quantitative estimate of drug-likeness (QED) is 0.249. The second kappa shape index (κ2) is 13.6. The molecule has 0 N–H and O–H groups in total. The highest BCUT2D eigenvalue weighted by molar-refractivity contribution is 6.45. The van der Waals surface area contributed by atoms with Gasteiger partial charge in [-0.15, -0.1) is 0 Å². The number of fused-ring (bicyclic) bond motifs is 1. The number of aromatic nitrogens is 4. The SMILES string of the molecule is Cc1c(-c2c(Cl)c(Cl)cc3c2cnn3C2CCCCO2)c(N2CC[C@@H](CN3CCOCC3)CC2(C)C)nn1C1CC2(C1)CN(C(=O)OC(C)(C)C)C2. The predicted molar refractivity (Wildman–Crippen MR) is 204 cm³/mol. The fourth-order valence-electron chi connectivity index (χ4n) is 9.68. The van der Waals surface area contributed by atoms with E-state index in [9.17, 15) is 4.79 Å². The van der Waals surface area contributed by atoms with Crippen molar-refractivity contribution < 1.29 is 19.0 Å². The summed E-state index contributed by atoms with van der Waals surface area (Å²) in [6.07, 6.45) is 8.76. The number of hydrogen-bond acceptors (Lipinski definition) is 8. The van der Waals surface area contributed by atoms with Gasteiger partial charge in [-0.25, -0.2) is 9.48 Å². The molecule has 6 heterocycles. The summed E-state index contributed by atoms with van der Waals surface area (Å²) in [4.78, 5) is 19.7. The number of carbonyl (C=O) groups excluding carboxylic acids is 1. The lowest BCUT2D eigenvalue weighted by Gasteiger charge is -2.58. The second-order valence-corrected chi connectivity index (χ2v) is 18.5. The van der Waals surface area contributed by atoms with E-state index in [2.05, 4.69) is 35.3 Å². The van der Waals surface area contributed by atoms with Gasteiger partial charge in [0.25, 0.3) is 0 Å². The second-order valence-electron chi connectivity index (χ2n) is 17.8. The Morgan fingerprint density at radius 2 is 1.75 bits per heavy atom. The molecule has 1 amide bonds. The Kier molecular flexibility index (Phi) is 9.54. The molecule has 2 atom stereocenters. The van der Waals surface area contributed by atoms with Gasteiger partial charge in [0.05, 0.1) is 41.0 Å². The Labute approximate surface area is 317 Å². The monoisotopic (exact) mass is 755 g/mol. The molecule has 5 aliphatic rings. The average Bonchev–Trinajstić information content (AvgIpc) is 3.61. The van der Waals surface area contributed by atoms with Crippen LogP contribution in [0.5, 0.6) is 0 Å². The Balaban J connectivity index is 1.14. The zero-order valence-electron chi connectivity index (χ0n) is 31.7. The first kappa shape index (κ1) is 36.4. The molecule has 3 aromatic rings. The number of piperidine rings is 1. The summed E-state index contributed by atoms with van der Waals surface area (Å²) in [5.41, 5.74) is 3.41. The first-order valence-electron chi connectivity index (χ1n) is 19.3. The molecule has 0 bridgehead atoms. The molecule has 52 heavy (non-hydrogen) atoms. The molecule has 1 spiro atoms. The number of benzene rings is 1. The lowest BCUT2D eigenvalue weighted by Crippen LogP contribution is -2.64. The number of ether oxygens (including phenoxy) is 3. The number of carbonyl (C=O) groups is 1. The summed E-state index contributed by atoms with van der Waals surface area (Å²) >= 11 is 14.3. The van der Waals surface area contributed by atoms with Crippen LogP contribution >= 0.6 is 23.2 Å². The van der Waals surface area contributed by atoms with E-state index in [1.54, 1.807) is 0 Å². The molecule has 4 saturated heterocycles. The van der Waals surface area contributed by atoms with E-state index in [4.69, 9.17) is 47.6 Å². The molecular weight excluding hydrogens is 701 g/mol.